The maximum Gasteiger partial charge on any atom is 0.180 e. The summed E-state index contributed by atoms with van der Waals surface area (Å²) >= 11 is 7.83. The lowest BCUT2D eigenvalue weighted by Crippen LogP contribution is -1.95. The van der Waals surface area contributed by atoms with Crippen LogP contribution in [-0.2, 0) is 6.42 Å². The van der Waals surface area contributed by atoms with Crippen molar-refractivity contribution < 1.29 is 0 Å². The van der Waals surface area contributed by atoms with Gasteiger partial charge in [-0.1, -0.05) is 29.8 Å². The molecular formula is C12H11ClN2S. The Morgan fingerprint density at radius 2 is 2.19 bits per heavy atom. The number of halogens is 1. The summed E-state index contributed by atoms with van der Waals surface area (Å²) in [5, 5.41) is 1.51. The molecule has 0 amide bonds. The number of nitrogens with zero attached hydrogens (tertiary/aromatic N) is 1. The van der Waals surface area contributed by atoms with Crippen LogP contribution in [0.4, 0.5) is 5.13 Å². The minimum Gasteiger partial charge on any atom is -0.375 e. The van der Waals surface area contributed by atoms with Gasteiger partial charge in [0.25, 0.3) is 0 Å². The standard InChI is InChI=1S/C12H11ClN2S/c13-9-4-2-1-3-7(9)8-5-6-10-11(8)16-12(14)15-10/h1-4,8H,5-6H2,(H2,14,15). The zero-order chi connectivity index (χ0) is 11.1. The van der Waals surface area contributed by atoms with Crippen LogP contribution in [0.15, 0.2) is 24.3 Å². The molecule has 0 saturated heterocycles. The molecule has 1 heterocycles. The second-order valence-electron chi connectivity index (χ2n) is 3.98. The van der Waals surface area contributed by atoms with E-state index in [1.807, 2.05) is 18.2 Å². The molecule has 0 spiro atoms. The van der Waals surface area contributed by atoms with Crippen LogP contribution in [0, 0.1) is 0 Å². The van der Waals surface area contributed by atoms with Crippen molar-refractivity contribution >= 4 is 28.1 Å². The van der Waals surface area contributed by atoms with E-state index >= 15 is 0 Å². The highest BCUT2D eigenvalue weighted by Crippen LogP contribution is 2.43. The molecule has 3 rings (SSSR count). The Balaban J connectivity index is 2.07. The van der Waals surface area contributed by atoms with E-state index in [0.29, 0.717) is 11.0 Å². The lowest BCUT2D eigenvalue weighted by Gasteiger charge is -2.11. The predicted molar refractivity (Wildman–Crippen MR) is 68.1 cm³/mol. The average molecular weight is 251 g/mol. The molecule has 0 aliphatic heterocycles. The van der Waals surface area contributed by atoms with Crippen molar-refractivity contribution in [1.29, 1.82) is 0 Å². The second-order valence-corrected chi connectivity index (χ2v) is 5.45. The Morgan fingerprint density at radius 3 is 3.00 bits per heavy atom. The molecule has 1 atom stereocenters. The Hall–Kier alpha value is -1.06. The van der Waals surface area contributed by atoms with Crippen LogP contribution in [0.2, 0.25) is 5.02 Å². The topological polar surface area (TPSA) is 38.9 Å². The molecule has 2 aromatic rings. The van der Waals surface area contributed by atoms with E-state index in [1.54, 1.807) is 11.3 Å². The molecule has 0 fully saturated rings. The molecule has 1 unspecified atom stereocenters. The average Bonchev–Trinajstić information content (AvgIpc) is 2.78. The molecule has 0 radical (unpaired) electrons. The number of aryl methyl sites for hydroxylation is 1. The highest BCUT2D eigenvalue weighted by atomic mass is 35.5. The summed E-state index contributed by atoms with van der Waals surface area (Å²) in [5.74, 6) is 0.387. The number of aromatic nitrogens is 1. The maximum atomic E-state index is 6.23. The molecule has 16 heavy (non-hydrogen) atoms. The van der Waals surface area contributed by atoms with Crippen LogP contribution in [0.25, 0.3) is 0 Å². The number of nitrogen functional groups attached to an aromatic ring is 1. The predicted octanol–water partition coefficient (Wildman–Crippen LogP) is 3.46. The van der Waals surface area contributed by atoms with E-state index in [1.165, 1.54) is 10.4 Å². The minimum atomic E-state index is 0.387. The lowest BCUT2D eigenvalue weighted by molar-refractivity contribution is 0.791. The van der Waals surface area contributed by atoms with Gasteiger partial charge in [0.05, 0.1) is 5.69 Å². The number of nitrogens with two attached hydrogens (primary N) is 1. The first-order valence-corrected chi connectivity index (χ1v) is 6.44. The van der Waals surface area contributed by atoms with E-state index in [2.05, 4.69) is 11.1 Å². The van der Waals surface area contributed by atoms with Crippen molar-refractivity contribution in [3.05, 3.63) is 45.4 Å². The summed E-state index contributed by atoms with van der Waals surface area (Å²) in [5.41, 5.74) is 8.10. The molecule has 4 heteroatoms. The van der Waals surface area contributed by atoms with Gasteiger partial charge >= 0.3 is 0 Å². The van der Waals surface area contributed by atoms with Crippen LogP contribution in [0.1, 0.15) is 28.5 Å². The molecule has 1 aromatic carbocycles. The molecule has 0 saturated carbocycles. The lowest BCUT2D eigenvalue weighted by atomic mass is 9.98. The molecule has 82 valence electrons. The van der Waals surface area contributed by atoms with Gasteiger partial charge in [0.1, 0.15) is 0 Å². The van der Waals surface area contributed by atoms with Crippen molar-refractivity contribution in [1.82, 2.24) is 4.98 Å². The van der Waals surface area contributed by atoms with E-state index in [0.717, 1.165) is 23.6 Å². The second kappa shape index (κ2) is 3.75. The normalized spacial score (nSPS) is 18.7. The van der Waals surface area contributed by atoms with Gasteiger partial charge in [-0.15, -0.1) is 11.3 Å². The summed E-state index contributed by atoms with van der Waals surface area (Å²) in [4.78, 5) is 5.65. The maximum absolute atomic E-state index is 6.23. The van der Waals surface area contributed by atoms with Gasteiger partial charge in [0.15, 0.2) is 5.13 Å². The molecule has 1 aliphatic rings. The van der Waals surface area contributed by atoms with Gasteiger partial charge in [0, 0.05) is 15.8 Å². The summed E-state index contributed by atoms with van der Waals surface area (Å²) in [6, 6.07) is 8.03. The number of hydrogen-bond acceptors (Lipinski definition) is 3. The van der Waals surface area contributed by atoms with Gasteiger partial charge in [0.2, 0.25) is 0 Å². The highest BCUT2D eigenvalue weighted by molar-refractivity contribution is 7.15. The van der Waals surface area contributed by atoms with E-state index in [4.69, 9.17) is 17.3 Å². The Kier molecular flexibility index (Phi) is 2.37. The van der Waals surface area contributed by atoms with Crippen molar-refractivity contribution in [3.8, 4) is 0 Å². The fourth-order valence-electron chi connectivity index (χ4n) is 2.30. The molecule has 1 aromatic heterocycles. The van der Waals surface area contributed by atoms with Gasteiger partial charge in [-0.2, -0.15) is 0 Å². The van der Waals surface area contributed by atoms with Gasteiger partial charge in [-0.3, -0.25) is 0 Å². The van der Waals surface area contributed by atoms with Crippen molar-refractivity contribution in [2.45, 2.75) is 18.8 Å². The number of benzene rings is 1. The van der Waals surface area contributed by atoms with E-state index < -0.39 is 0 Å². The molecular weight excluding hydrogens is 240 g/mol. The largest absolute Gasteiger partial charge is 0.375 e. The summed E-state index contributed by atoms with van der Waals surface area (Å²) < 4.78 is 0. The summed E-state index contributed by atoms with van der Waals surface area (Å²) in [6.07, 6.45) is 2.11. The van der Waals surface area contributed by atoms with Crippen LogP contribution in [-0.4, -0.2) is 4.98 Å². The van der Waals surface area contributed by atoms with Gasteiger partial charge in [-0.05, 0) is 24.5 Å². The van der Waals surface area contributed by atoms with E-state index in [-0.39, 0.29) is 0 Å². The quantitative estimate of drug-likeness (QED) is 0.842. The monoisotopic (exact) mass is 250 g/mol. The first kappa shape index (κ1) is 10.1. The fourth-order valence-corrected chi connectivity index (χ4v) is 3.60. The number of anilines is 1. The molecule has 2 nitrogen and oxygen atoms in total. The third-order valence-electron chi connectivity index (χ3n) is 3.01. The van der Waals surface area contributed by atoms with E-state index in [9.17, 15) is 0 Å². The number of hydrogen-bond donors (Lipinski definition) is 1. The minimum absolute atomic E-state index is 0.387. The molecule has 1 aliphatic carbocycles. The molecule has 0 bridgehead atoms. The summed E-state index contributed by atoms with van der Waals surface area (Å²) in [6.45, 7) is 0. The zero-order valence-electron chi connectivity index (χ0n) is 8.61. The third-order valence-corrected chi connectivity index (χ3v) is 4.40. The Bertz CT molecular complexity index is 536. The fraction of sp³-hybridized carbons (Fsp3) is 0.250. The van der Waals surface area contributed by atoms with Gasteiger partial charge in [-0.25, -0.2) is 4.98 Å². The summed E-state index contributed by atoms with van der Waals surface area (Å²) in [7, 11) is 0. The van der Waals surface area contributed by atoms with Crippen LogP contribution < -0.4 is 5.73 Å². The Labute approximate surface area is 103 Å². The smallest absolute Gasteiger partial charge is 0.180 e. The van der Waals surface area contributed by atoms with Crippen molar-refractivity contribution in [2.75, 3.05) is 5.73 Å². The Morgan fingerprint density at radius 1 is 1.38 bits per heavy atom. The first-order valence-electron chi connectivity index (χ1n) is 5.25. The number of thiazole rings is 1. The third kappa shape index (κ3) is 1.51. The highest BCUT2D eigenvalue weighted by Gasteiger charge is 2.28. The number of fused-ring (bicyclic) bond motifs is 1. The van der Waals surface area contributed by atoms with Gasteiger partial charge < -0.3 is 5.73 Å². The van der Waals surface area contributed by atoms with Crippen molar-refractivity contribution in [3.63, 3.8) is 0 Å². The van der Waals surface area contributed by atoms with Crippen LogP contribution in [0.5, 0.6) is 0 Å². The SMILES string of the molecule is Nc1nc2c(s1)C(c1ccccc1Cl)CC2. The first-order chi connectivity index (χ1) is 7.75. The van der Waals surface area contributed by atoms with Crippen LogP contribution >= 0.6 is 22.9 Å². The van der Waals surface area contributed by atoms with Crippen LogP contribution in [0.3, 0.4) is 0 Å². The molecule has 2 N–H and O–H groups in total. The number of rotatable bonds is 1. The van der Waals surface area contributed by atoms with Crippen molar-refractivity contribution in [2.24, 2.45) is 0 Å². The zero-order valence-corrected chi connectivity index (χ0v) is 10.2.